The van der Waals surface area contributed by atoms with Crippen molar-refractivity contribution in [2.45, 2.75) is 0 Å². The van der Waals surface area contributed by atoms with Gasteiger partial charge in [0.2, 0.25) is 0 Å². The molecule has 0 aliphatic heterocycles. The third-order valence-electron chi connectivity index (χ3n) is 10.6. The van der Waals surface area contributed by atoms with Crippen LogP contribution in [0, 0.1) is 0 Å². The Morgan fingerprint density at radius 2 is 0.768 bits per heavy atom. The van der Waals surface area contributed by atoms with Gasteiger partial charge in [-0.05, 0) is 46.5 Å². The Balaban J connectivity index is 1.12. The summed E-state index contributed by atoms with van der Waals surface area (Å²) >= 11 is 3.72. The van der Waals surface area contributed by atoms with Gasteiger partial charge in [-0.2, -0.15) is 0 Å². The number of benzene rings is 8. The standard InChI is InChI=1S/C51H31N3S2/c1-4-14-32(15-5-1)34-26-28-36(29-27-34)50-52-49(35-18-8-3-9-19-35)53-51(54-50)41-23-13-25-45-46(41)40-22-12-21-39(47(40)56-45)43-31-37(33-16-6-2-7-17-33)30-42-38-20-10-11-24-44(38)55-48(42)43/h1-31H. The highest BCUT2D eigenvalue weighted by Gasteiger charge is 2.21. The molecule has 0 fully saturated rings. The number of hydrogen-bond donors (Lipinski definition) is 0. The topological polar surface area (TPSA) is 38.7 Å². The molecule has 0 saturated carbocycles. The highest BCUT2D eigenvalue weighted by Crippen LogP contribution is 2.48. The van der Waals surface area contributed by atoms with E-state index < -0.39 is 0 Å². The van der Waals surface area contributed by atoms with E-state index in [1.807, 2.05) is 46.9 Å². The maximum absolute atomic E-state index is 5.21. The van der Waals surface area contributed by atoms with Crippen LogP contribution >= 0.6 is 22.7 Å². The fourth-order valence-electron chi connectivity index (χ4n) is 7.85. The molecule has 3 heterocycles. The fourth-order valence-corrected chi connectivity index (χ4v) is 10.3. The predicted octanol–water partition coefficient (Wildman–Crippen LogP) is 14.6. The van der Waals surface area contributed by atoms with Gasteiger partial charge in [0.05, 0.1) is 0 Å². The van der Waals surface area contributed by atoms with Gasteiger partial charge in [0.1, 0.15) is 0 Å². The zero-order chi connectivity index (χ0) is 37.0. The molecule has 0 aliphatic rings. The van der Waals surface area contributed by atoms with Crippen LogP contribution in [0.25, 0.3) is 108 Å². The quantitative estimate of drug-likeness (QED) is 0.170. The van der Waals surface area contributed by atoms with Crippen molar-refractivity contribution in [1.29, 1.82) is 0 Å². The number of hydrogen-bond acceptors (Lipinski definition) is 5. The van der Waals surface area contributed by atoms with E-state index in [-0.39, 0.29) is 0 Å². The van der Waals surface area contributed by atoms with Crippen LogP contribution in [0.15, 0.2) is 188 Å². The molecule has 56 heavy (non-hydrogen) atoms. The third-order valence-corrected chi connectivity index (χ3v) is 13.0. The summed E-state index contributed by atoms with van der Waals surface area (Å²) in [5.74, 6) is 1.96. The van der Waals surface area contributed by atoms with E-state index in [1.165, 1.54) is 62.8 Å². The van der Waals surface area contributed by atoms with Gasteiger partial charge in [0.25, 0.3) is 0 Å². The second kappa shape index (κ2) is 13.5. The van der Waals surface area contributed by atoms with Gasteiger partial charge in [0.15, 0.2) is 17.5 Å². The minimum absolute atomic E-state index is 0.649. The molecule has 3 aromatic heterocycles. The van der Waals surface area contributed by atoms with Crippen molar-refractivity contribution in [3.8, 4) is 67.5 Å². The van der Waals surface area contributed by atoms with Gasteiger partial charge in [0, 0.05) is 68.2 Å². The van der Waals surface area contributed by atoms with Gasteiger partial charge < -0.3 is 0 Å². The lowest BCUT2D eigenvalue weighted by Gasteiger charge is -2.11. The summed E-state index contributed by atoms with van der Waals surface area (Å²) in [5.41, 5.74) is 10.2. The van der Waals surface area contributed by atoms with E-state index in [0.717, 1.165) is 27.6 Å². The lowest BCUT2D eigenvalue weighted by Crippen LogP contribution is -2.00. The third kappa shape index (κ3) is 5.60. The van der Waals surface area contributed by atoms with Crippen LogP contribution in [0.3, 0.4) is 0 Å². The van der Waals surface area contributed by atoms with Crippen LogP contribution in [-0.4, -0.2) is 15.0 Å². The van der Waals surface area contributed by atoms with Gasteiger partial charge in [-0.1, -0.05) is 164 Å². The molecule has 0 amide bonds. The molecule has 0 radical (unpaired) electrons. The van der Waals surface area contributed by atoms with E-state index in [4.69, 9.17) is 15.0 Å². The number of nitrogens with zero attached hydrogens (tertiary/aromatic N) is 3. The zero-order valence-corrected chi connectivity index (χ0v) is 31.7. The average molecular weight is 750 g/mol. The van der Waals surface area contributed by atoms with Crippen molar-refractivity contribution in [3.63, 3.8) is 0 Å². The van der Waals surface area contributed by atoms with Crippen LogP contribution in [0.4, 0.5) is 0 Å². The zero-order valence-electron chi connectivity index (χ0n) is 30.1. The van der Waals surface area contributed by atoms with Crippen LogP contribution in [-0.2, 0) is 0 Å². The largest absolute Gasteiger partial charge is 0.208 e. The maximum atomic E-state index is 5.21. The van der Waals surface area contributed by atoms with Crippen LogP contribution < -0.4 is 0 Å². The molecular formula is C51H31N3S2. The Hall–Kier alpha value is -6.79. The normalized spacial score (nSPS) is 11.6. The second-order valence-corrected chi connectivity index (χ2v) is 16.0. The molecule has 5 heteroatoms. The smallest absolute Gasteiger partial charge is 0.164 e. The lowest BCUT2D eigenvalue weighted by molar-refractivity contribution is 1.08. The Kier molecular flexibility index (Phi) is 7.87. The van der Waals surface area contributed by atoms with E-state index in [1.54, 1.807) is 0 Å². The summed E-state index contributed by atoms with van der Waals surface area (Å²) < 4.78 is 5.07. The number of aromatic nitrogens is 3. The Labute approximate surface area is 331 Å². The van der Waals surface area contributed by atoms with Crippen LogP contribution in [0.5, 0.6) is 0 Å². The molecule has 0 spiro atoms. The lowest BCUT2D eigenvalue weighted by atomic mass is 9.95. The SMILES string of the molecule is c1ccc(-c2ccc(-c3nc(-c4ccccc4)nc(-c4cccc5sc6c(-c7cc(-c8ccccc8)cc8c7sc7ccccc78)cccc6c45)n3)cc2)cc1. The van der Waals surface area contributed by atoms with Crippen molar-refractivity contribution in [3.05, 3.63) is 188 Å². The molecule has 0 unspecified atom stereocenters. The second-order valence-electron chi connectivity index (χ2n) is 13.9. The molecule has 262 valence electrons. The molecule has 0 atom stereocenters. The average Bonchev–Trinajstić information content (AvgIpc) is 3.86. The molecule has 0 aliphatic carbocycles. The molecule has 11 aromatic rings. The minimum atomic E-state index is 0.649. The minimum Gasteiger partial charge on any atom is -0.208 e. The van der Waals surface area contributed by atoms with Crippen molar-refractivity contribution in [2.24, 2.45) is 0 Å². The molecule has 8 aromatic carbocycles. The highest BCUT2D eigenvalue weighted by atomic mass is 32.1. The number of rotatable bonds is 6. The van der Waals surface area contributed by atoms with Crippen molar-refractivity contribution in [1.82, 2.24) is 15.0 Å². The summed E-state index contributed by atoms with van der Waals surface area (Å²) in [6.07, 6.45) is 0. The Morgan fingerprint density at radius 1 is 0.286 bits per heavy atom. The van der Waals surface area contributed by atoms with E-state index in [0.29, 0.717) is 17.5 Å². The van der Waals surface area contributed by atoms with Gasteiger partial charge in [-0.25, -0.2) is 15.0 Å². The summed E-state index contributed by atoms with van der Waals surface area (Å²) in [5, 5.41) is 4.96. The van der Waals surface area contributed by atoms with E-state index in [9.17, 15) is 0 Å². The summed E-state index contributed by atoms with van der Waals surface area (Å²) in [4.78, 5) is 15.4. The maximum Gasteiger partial charge on any atom is 0.164 e. The monoisotopic (exact) mass is 749 g/mol. The number of thiophene rings is 2. The first-order chi connectivity index (χ1) is 27.7. The van der Waals surface area contributed by atoms with Crippen LogP contribution in [0.1, 0.15) is 0 Å². The molecule has 0 bridgehead atoms. The molecular weight excluding hydrogens is 719 g/mol. The van der Waals surface area contributed by atoms with Crippen molar-refractivity contribution < 1.29 is 0 Å². The van der Waals surface area contributed by atoms with Gasteiger partial charge >= 0.3 is 0 Å². The molecule has 0 N–H and O–H groups in total. The Bertz CT molecular complexity index is 3220. The van der Waals surface area contributed by atoms with Gasteiger partial charge in [-0.3, -0.25) is 0 Å². The summed E-state index contributed by atoms with van der Waals surface area (Å²) in [6.45, 7) is 0. The molecule has 0 saturated heterocycles. The first kappa shape index (κ1) is 32.6. The van der Waals surface area contributed by atoms with E-state index in [2.05, 4.69) is 164 Å². The first-order valence-electron chi connectivity index (χ1n) is 18.7. The summed E-state index contributed by atoms with van der Waals surface area (Å²) in [6, 6.07) is 66.7. The van der Waals surface area contributed by atoms with Crippen molar-refractivity contribution >= 4 is 63.0 Å². The Morgan fingerprint density at radius 3 is 1.50 bits per heavy atom. The number of fused-ring (bicyclic) bond motifs is 6. The first-order valence-corrected chi connectivity index (χ1v) is 20.3. The van der Waals surface area contributed by atoms with Crippen molar-refractivity contribution in [2.75, 3.05) is 0 Å². The summed E-state index contributed by atoms with van der Waals surface area (Å²) in [7, 11) is 0. The molecule has 3 nitrogen and oxygen atoms in total. The van der Waals surface area contributed by atoms with E-state index >= 15 is 0 Å². The predicted molar refractivity (Wildman–Crippen MR) is 238 cm³/mol. The molecule has 11 rings (SSSR count). The highest BCUT2D eigenvalue weighted by molar-refractivity contribution is 7.27. The van der Waals surface area contributed by atoms with Gasteiger partial charge in [-0.15, -0.1) is 22.7 Å². The fraction of sp³-hybridized carbons (Fsp3) is 0. The van der Waals surface area contributed by atoms with Crippen LogP contribution in [0.2, 0.25) is 0 Å².